The molecule has 84 valence electrons. The van der Waals surface area contributed by atoms with Crippen LogP contribution in [0.3, 0.4) is 0 Å². The summed E-state index contributed by atoms with van der Waals surface area (Å²) in [5, 5.41) is 8.69. The van der Waals surface area contributed by atoms with E-state index in [9.17, 15) is 4.79 Å². The number of ether oxygens (including phenoxy) is 1. The molecule has 0 spiro atoms. The van der Waals surface area contributed by atoms with Gasteiger partial charge in [0.1, 0.15) is 0 Å². The first-order valence-corrected chi connectivity index (χ1v) is 6.12. The number of carboxylic acids is 1. The fraction of sp³-hybridized carbons (Fsp3) is 0.900. The molecule has 0 radical (unpaired) electrons. The molecule has 0 aliphatic heterocycles. The van der Waals surface area contributed by atoms with Gasteiger partial charge in [-0.2, -0.15) is 11.8 Å². The zero-order valence-electron chi connectivity index (χ0n) is 8.99. The Morgan fingerprint density at radius 2 is 2.21 bits per heavy atom. The topological polar surface area (TPSA) is 46.5 Å². The summed E-state index contributed by atoms with van der Waals surface area (Å²) < 4.78 is 5.36. The van der Waals surface area contributed by atoms with E-state index >= 15 is 0 Å². The molecule has 0 heterocycles. The van der Waals surface area contributed by atoms with E-state index in [2.05, 4.69) is 6.92 Å². The Hall–Kier alpha value is -0.220. The number of hydrogen-bond donors (Lipinski definition) is 1. The molecular weight excluding hydrogens is 200 g/mol. The molecule has 0 aromatic rings. The molecule has 0 rings (SSSR count). The minimum absolute atomic E-state index is 0.183. The first-order chi connectivity index (χ1) is 6.66. The molecule has 1 unspecified atom stereocenters. The SMILES string of the molecule is CCCCOCCSC(C)CC(=O)O. The highest BCUT2D eigenvalue weighted by molar-refractivity contribution is 7.99. The third-order valence-electron chi connectivity index (χ3n) is 1.73. The summed E-state index contributed by atoms with van der Waals surface area (Å²) in [5.41, 5.74) is 0. The molecule has 0 aliphatic carbocycles. The van der Waals surface area contributed by atoms with Crippen LogP contribution in [0.4, 0.5) is 0 Å². The van der Waals surface area contributed by atoms with Crippen LogP contribution in [-0.4, -0.2) is 35.3 Å². The third kappa shape index (κ3) is 9.86. The fourth-order valence-corrected chi connectivity index (χ4v) is 1.84. The first kappa shape index (κ1) is 13.8. The standard InChI is InChI=1S/C10H20O3S/c1-3-4-5-13-6-7-14-9(2)8-10(11)12/h9H,3-8H2,1-2H3,(H,11,12). The molecule has 0 fully saturated rings. The molecule has 1 atom stereocenters. The molecule has 0 saturated heterocycles. The molecule has 0 aliphatic rings. The van der Waals surface area contributed by atoms with Gasteiger partial charge in [-0.3, -0.25) is 4.79 Å². The molecule has 0 aromatic heterocycles. The largest absolute Gasteiger partial charge is 0.481 e. The normalized spacial score (nSPS) is 12.7. The molecule has 0 amide bonds. The van der Waals surface area contributed by atoms with E-state index in [0.29, 0.717) is 0 Å². The van der Waals surface area contributed by atoms with Crippen molar-refractivity contribution in [1.29, 1.82) is 0 Å². The minimum Gasteiger partial charge on any atom is -0.481 e. The molecule has 14 heavy (non-hydrogen) atoms. The summed E-state index contributed by atoms with van der Waals surface area (Å²) in [4.78, 5) is 10.3. The van der Waals surface area contributed by atoms with E-state index < -0.39 is 5.97 Å². The smallest absolute Gasteiger partial charge is 0.304 e. The van der Waals surface area contributed by atoms with Gasteiger partial charge >= 0.3 is 5.97 Å². The van der Waals surface area contributed by atoms with Gasteiger partial charge in [0.2, 0.25) is 0 Å². The summed E-state index contributed by atoms with van der Waals surface area (Å²) in [7, 11) is 0. The number of aliphatic carboxylic acids is 1. The maximum atomic E-state index is 10.3. The van der Waals surface area contributed by atoms with Crippen LogP contribution >= 0.6 is 11.8 Å². The molecule has 0 bridgehead atoms. The van der Waals surface area contributed by atoms with Crippen molar-refractivity contribution in [2.75, 3.05) is 19.0 Å². The number of unbranched alkanes of at least 4 members (excludes halogenated alkanes) is 1. The van der Waals surface area contributed by atoms with Crippen LogP contribution < -0.4 is 0 Å². The highest BCUT2D eigenvalue weighted by Crippen LogP contribution is 2.13. The minimum atomic E-state index is -0.725. The van der Waals surface area contributed by atoms with Crippen LogP contribution in [0, 0.1) is 0 Å². The summed E-state index contributed by atoms with van der Waals surface area (Å²) in [5.74, 6) is 0.162. The van der Waals surface area contributed by atoms with E-state index in [0.717, 1.165) is 31.8 Å². The van der Waals surface area contributed by atoms with Gasteiger partial charge in [-0.15, -0.1) is 0 Å². The van der Waals surface area contributed by atoms with Crippen molar-refractivity contribution >= 4 is 17.7 Å². The zero-order valence-corrected chi connectivity index (χ0v) is 9.81. The van der Waals surface area contributed by atoms with Crippen molar-refractivity contribution in [3.8, 4) is 0 Å². The van der Waals surface area contributed by atoms with E-state index in [1.54, 1.807) is 11.8 Å². The number of hydrogen-bond acceptors (Lipinski definition) is 3. The average molecular weight is 220 g/mol. The molecule has 1 N–H and O–H groups in total. The van der Waals surface area contributed by atoms with E-state index in [-0.39, 0.29) is 11.7 Å². The van der Waals surface area contributed by atoms with Gasteiger partial charge in [-0.1, -0.05) is 20.3 Å². The van der Waals surface area contributed by atoms with Gasteiger partial charge < -0.3 is 9.84 Å². The van der Waals surface area contributed by atoms with E-state index in [1.165, 1.54) is 0 Å². The van der Waals surface area contributed by atoms with Crippen molar-refractivity contribution < 1.29 is 14.6 Å². The van der Waals surface area contributed by atoms with Gasteiger partial charge in [0.05, 0.1) is 13.0 Å². The van der Waals surface area contributed by atoms with Crippen LogP contribution in [0.2, 0.25) is 0 Å². The summed E-state index contributed by atoms with van der Waals surface area (Å²) in [6.07, 6.45) is 2.50. The van der Waals surface area contributed by atoms with Crippen LogP contribution in [0.25, 0.3) is 0 Å². The molecular formula is C10H20O3S. The second-order valence-corrected chi connectivity index (χ2v) is 4.79. The van der Waals surface area contributed by atoms with Gasteiger partial charge in [0.15, 0.2) is 0 Å². The van der Waals surface area contributed by atoms with Crippen molar-refractivity contribution in [1.82, 2.24) is 0 Å². The van der Waals surface area contributed by atoms with Gasteiger partial charge in [0, 0.05) is 17.6 Å². The Labute approximate surface area is 90.2 Å². The number of carboxylic acid groups (broad SMARTS) is 1. The van der Waals surface area contributed by atoms with E-state index in [1.807, 2.05) is 6.92 Å². The van der Waals surface area contributed by atoms with Crippen LogP contribution in [0.5, 0.6) is 0 Å². The highest BCUT2D eigenvalue weighted by atomic mass is 32.2. The van der Waals surface area contributed by atoms with E-state index in [4.69, 9.17) is 9.84 Å². The first-order valence-electron chi connectivity index (χ1n) is 5.08. The second-order valence-electron chi connectivity index (χ2n) is 3.25. The summed E-state index contributed by atoms with van der Waals surface area (Å²) in [6.45, 7) is 5.62. The average Bonchev–Trinajstić information content (AvgIpc) is 2.10. The lowest BCUT2D eigenvalue weighted by atomic mass is 10.3. The maximum absolute atomic E-state index is 10.3. The van der Waals surface area contributed by atoms with Gasteiger partial charge in [-0.05, 0) is 6.42 Å². The Bertz CT molecular complexity index is 150. The molecule has 0 saturated carbocycles. The molecule has 0 aromatic carbocycles. The summed E-state index contributed by atoms with van der Waals surface area (Å²) in [6, 6.07) is 0. The second kappa shape index (κ2) is 9.34. The zero-order chi connectivity index (χ0) is 10.8. The Balaban J connectivity index is 3.14. The van der Waals surface area contributed by atoms with Gasteiger partial charge in [-0.25, -0.2) is 0 Å². The van der Waals surface area contributed by atoms with Gasteiger partial charge in [0.25, 0.3) is 0 Å². The number of carbonyl (C=O) groups is 1. The van der Waals surface area contributed by atoms with Crippen molar-refractivity contribution in [2.24, 2.45) is 0 Å². The van der Waals surface area contributed by atoms with Crippen molar-refractivity contribution in [3.05, 3.63) is 0 Å². The number of thioether (sulfide) groups is 1. The maximum Gasteiger partial charge on any atom is 0.304 e. The quantitative estimate of drug-likeness (QED) is 0.606. The number of rotatable bonds is 9. The van der Waals surface area contributed by atoms with Crippen LogP contribution in [-0.2, 0) is 9.53 Å². The van der Waals surface area contributed by atoms with Crippen LogP contribution in [0.1, 0.15) is 33.1 Å². The lowest BCUT2D eigenvalue weighted by Crippen LogP contribution is -2.08. The lowest BCUT2D eigenvalue weighted by molar-refractivity contribution is -0.136. The fourth-order valence-electron chi connectivity index (χ4n) is 0.962. The van der Waals surface area contributed by atoms with Crippen molar-refractivity contribution in [2.45, 2.75) is 38.4 Å². The lowest BCUT2D eigenvalue weighted by Gasteiger charge is -2.08. The van der Waals surface area contributed by atoms with Crippen LogP contribution in [0.15, 0.2) is 0 Å². The highest BCUT2D eigenvalue weighted by Gasteiger charge is 2.06. The monoisotopic (exact) mass is 220 g/mol. The predicted octanol–water partition coefficient (Wildman–Crippen LogP) is 2.40. The third-order valence-corrected chi connectivity index (χ3v) is 2.87. The van der Waals surface area contributed by atoms with Crippen molar-refractivity contribution in [3.63, 3.8) is 0 Å². The Morgan fingerprint density at radius 3 is 2.79 bits per heavy atom. The Kier molecular flexibility index (Phi) is 9.19. The molecule has 4 heteroatoms. The molecule has 3 nitrogen and oxygen atoms in total. The predicted molar refractivity (Wildman–Crippen MR) is 59.9 cm³/mol. The Morgan fingerprint density at radius 1 is 1.50 bits per heavy atom. The summed E-state index contributed by atoms with van der Waals surface area (Å²) >= 11 is 1.66.